The van der Waals surface area contributed by atoms with Crippen LogP contribution in [0.5, 0.6) is 0 Å². The Morgan fingerprint density at radius 3 is 2.37 bits per heavy atom. The number of carbonyl (C=O) groups excluding carboxylic acids is 1. The molecule has 2 aromatic rings. The molecule has 0 aliphatic rings. The van der Waals surface area contributed by atoms with E-state index >= 15 is 0 Å². The molecule has 1 nitrogen and oxygen atoms in total. The monoisotopic (exact) mass is 314 g/mol. The van der Waals surface area contributed by atoms with Gasteiger partial charge in [-0.3, -0.25) is 4.79 Å². The molecule has 0 amide bonds. The van der Waals surface area contributed by atoms with Gasteiger partial charge >= 0.3 is 0 Å². The number of benzene rings is 2. The smallest absolute Gasteiger partial charge is 0.163 e. The largest absolute Gasteiger partial charge is 0.294 e. The van der Waals surface area contributed by atoms with Crippen molar-refractivity contribution in [3.8, 4) is 0 Å². The number of Topliss-reactive ketones (excluding diaryl/α,β-unsaturated/α-hetero) is 1. The molecule has 0 saturated carbocycles. The van der Waals surface area contributed by atoms with Crippen LogP contribution in [0.4, 0.5) is 0 Å². The summed E-state index contributed by atoms with van der Waals surface area (Å²) in [6, 6.07) is 17.3. The summed E-state index contributed by atoms with van der Waals surface area (Å²) in [5, 5.41) is 0. The Morgan fingerprint density at radius 2 is 1.74 bits per heavy atom. The van der Waals surface area contributed by atoms with Crippen molar-refractivity contribution in [2.75, 3.05) is 0 Å². The van der Waals surface area contributed by atoms with Crippen molar-refractivity contribution in [1.82, 2.24) is 0 Å². The minimum absolute atomic E-state index is 0.0308. The minimum Gasteiger partial charge on any atom is -0.294 e. The molecule has 2 aromatic carbocycles. The van der Waals surface area contributed by atoms with Gasteiger partial charge in [-0.2, -0.15) is 0 Å². The standard InChI is InChI=1S/C17H15BrO/c1-2-13(15-10-6-7-11-16(15)18)12-17(19)14-8-4-3-5-9-14/h2-11,13H,1,12H2. The fraction of sp³-hybridized carbons (Fsp3) is 0.118. The number of hydrogen-bond acceptors (Lipinski definition) is 1. The molecule has 0 N–H and O–H groups in total. The van der Waals surface area contributed by atoms with Crippen LogP contribution >= 0.6 is 15.9 Å². The Labute approximate surface area is 122 Å². The van der Waals surface area contributed by atoms with Gasteiger partial charge in [0, 0.05) is 22.4 Å². The first-order valence-electron chi connectivity index (χ1n) is 6.17. The van der Waals surface area contributed by atoms with Gasteiger partial charge in [-0.25, -0.2) is 0 Å². The minimum atomic E-state index is 0.0308. The molecule has 1 atom stereocenters. The van der Waals surface area contributed by atoms with Crippen LogP contribution in [0.2, 0.25) is 0 Å². The van der Waals surface area contributed by atoms with Crippen molar-refractivity contribution in [2.24, 2.45) is 0 Å². The number of carbonyl (C=O) groups is 1. The molecule has 0 aliphatic carbocycles. The maximum absolute atomic E-state index is 12.2. The van der Waals surface area contributed by atoms with Gasteiger partial charge in [-0.1, -0.05) is 70.5 Å². The van der Waals surface area contributed by atoms with E-state index in [1.807, 2.05) is 60.7 Å². The van der Waals surface area contributed by atoms with Gasteiger partial charge in [-0.15, -0.1) is 6.58 Å². The van der Waals surface area contributed by atoms with E-state index in [1.54, 1.807) is 0 Å². The zero-order valence-corrected chi connectivity index (χ0v) is 12.1. The van der Waals surface area contributed by atoms with Gasteiger partial charge in [-0.05, 0) is 11.6 Å². The molecule has 0 aliphatic heterocycles. The molecule has 19 heavy (non-hydrogen) atoms. The Hall–Kier alpha value is -1.67. The quantitative estimate of drug-likeness (QED) is 0.561. The molecule has 0 aromatic heterocycles. The van der Waals surface area contributed by atoms with Crippen molar-refractivity contribution < 1.29 is 4.79 Å². The lowest BCUT2D eigenvalue weighted by Gasteiger charge is -2.14. The molecule has 0 bridgehead atoms. The summed E-state index contributed by atoms with van der Waals surface area (Å²) in [5.41, 5.74) is 1.85. The number of rotatable bonds is 5. The fourth-order valence-corrected chi connectivity index (χ4v) is 2.62. The van der Waals surface area contributed by atoms with Gasteiger partial charge in [0.15, 0.2) is 5.78 Å². The number of hydrogen-bond donors (Lipinski definition) is 0. The van der Waals surface area contributed by atoms with Crippen LogP contribution in [0, 0.1) is 0 Å². The van der Waals surface area contributed by atoms with E-state index in [4.69, 9.17) is 0 Å². The van der Waals surface area contributed by atoms with Crippen molar-refractivity contribution in [1.29, 1.82) is 0 Å². The highest BCUT2D eigenvalue weighted by molar-refractivity contribution is 9.10. The molecule has 0 saturated heterocycles. The number of allylic oxidation sites excluding steroid dienone is 1. The molecule has 96 valence electrons. The third kappa shape index (κ3) is 3.42. The molecule has 0 fully saturated rings. The molecular weight excluding hydrogens is 300 g/mol. The van der Waals surface area contributed by atoms with Crippen LogP contribution in [0.25, 0.3) is 0 Å². The topological polar surface area (TPSA) is 17.1 Å². The predicted octanol–water partition coefficient (Wildman–Crippen LogP) is 4.99. The fourth-order valence-electron chi connectivity index (χ4n) is 2.04. The van der Waals surface area contributed by atoms with Crippen molar-refractivity contribution in [3.05, 3.63) is 82.9 Å². The first kappa shape index (κ1) is 13.8. The average molecular weight is 315 g/mol. The van der Waals surface area contributed by atoms with Crippen molar-refractivity contribution in [3.63, 3.8) is 0 Å². The average Bonchev–Trinajstić information content (AvgIpc) is 2.46. The zero-order chi connectivity index (χ0) is 13.7. The molecule has 0 spiro atoms. The summed E-state index contributed by atoms with van der Waals surface area (Å²) in [7, 11) is 0. The first-order chi connectivity index (χ1) is 9.22. The van der Waals surface area contributed by atoms with E-state index < -0.39 is 0 Å². The Balaban J connectivity index is 2.19. The van der Waals surface area contributed by atoms with Gasteiger partial charge < -0.3 is 0 Å². The predicted molar refractivity (Wildman–Crippen MR) is 82.5 cm³/mol. The number of halogens is 1. The summed E-state index contributed by atoms with van der Waals surface area (Å²) < 4.78 is 1.01. The summed E-state index contributed by atoms with van der Waals surface area (Å²) in [6.07, 6.45) is 2.27. The van der Waals surface area contributed by atoms with Crippen molar-refractivity contribution >= 4 is 21.7 Å². The maximum atomic E-state index is 12.2. The van der Waals surface area contributed by atoms with E-state index in [1.165, 1.54) is 0 Å². The molecule has 0 heterocycles. The lowest BCUT2D eigenvalue weighted by molar-refractivity contribution is 0.0978. The third-order valence-corrected chi connectivity index (χ3v) is 3.81. The van der Waals surface area contributed by atoms with Crippen LogP contribution in [-0.2, 0) is 0 Å². The molecule has 0 radical (unpaired) electrons. The van der Waals surface area contributed by atoms with E-state index in [0.29, 0.717) is 6.42 Å². The van der Waals surface area contributed by atoms with Gasteiger partial charge in [0.1, 0.15) is 0 Å². The van der Waals surface area contributed by atoms with Crippen LogP contribution < -0.4 is 0 Å². The second-order valence-corrected chi connectivity index (χ2v) is 5.21. The highest BCUT2D eigenvalue weighted by atomic mass is 79.9. The first-order valence-corrected chi connectivity index (χ1v) is 6.97. The summed E-state index contributed by atoms with van der Waals surface area (Å²) in [6.45, 7) is 3.85. The van der Waals surface area contributed by atoms with Crippen LogP contribution in [-0.4, -0.2) is 5.78 Å². The summed E-state index contributed by atoms with van der Waals surface area (Å²) in [5.74, 6) is 0.171. The van der Waals surface area contributed by atoms with E-state index in [-0.39, 0.29) is 11.7 Å². The highest BCUT2D eigenvalue weighted by Gasteiger charge is 2.16. The molecule has 2 rings (SSSR count). The Morgan fingerprint density at radius 1 is 1.11 bits per heavy atom. The summed E-state index contributed by atoms with van der Waals surface area (Å²) in [4.78, 5) is 12.2. The van der Waals surface area contributed by atoms with Crippen molar-refractivity contribution in [2.45, 2.75) is 12.3 Å². The molecule has 2 heteroatoms. The third-order valence-electron chi connectivity index (χ3n) is 3.09. The second-order valence-electron chi connectivity index (χ2n) is 4.36. The second kappa shape index (κ2) is 6.48. The lowest BCUT2D eigenvalue weighted by atomic mass is 9.92. The van der Waals surface area contributed by atoms with Crippen LogP contribution in [0.15, 0.2) is 71.7 Å². The van der Waals surface area contributed by atoms with Crippen LogP contribution in [0.1, 0.15) is 28.3 Å². The highest BCUT2D eigenvalue weighted by Crippen LogP contribution is 2.29. The van der Waals surface area contributed by atoms with Gasteiger partial charge in [0.05, 0.1) is 0 Å². The molecule has 1 unspecified atom stereocenters. The summed E-state index contributed by atoms with van der Waals surface area (Å²) >= 11 is 3.52. The SMILES string of the molecule is C=CC(CC(=O)c1ccccc1)c1ccccc1Br. The lowest BCUT2D eigenvalue weighted by Crippen LogP contribution is -2.06. The van der Waals surface area contributed by atoms with E-state index in [0.717, 1.165) is 15.6 Å². The van der Waals surface area contributed by atoms with Crippen LogP contribution in [0.3, 0.4) is 0 Å². The maximum Gasteiger partial charge on any atom is 0.163 e. The Bertz CT molecular complexity index is 575. The van der Waals surface area contributed by atoms with Gasteiger partial charge in [0.2, 0.25) is 0 Å². The van der Waals surface area contributed by atoms with Gasteiger partial charge in [0.25, 0.3) is 0 Å². The normalized spacial score (nSPS) is 11.8. The van der Waals surface area contributed by atoms with E-state index in [9.17, 15) is 4.79 Å². The zero-order valence-electron chi connectivity index (χ0n) is 10.6. The van der Waals surface area contributed by atoms with E-state index in [2.05, 4.69) is 22.5 Å². The molecular formula is C17H15BrO. The Kier molecular flexibility index (Phi) is 4.69. The number of ketones is 1.